The molecule has 0 spiro atoms. The molecule has 0 saturated heterocycles. The zero-order valence-corrected chi connectivity index (χ0v) is 27.0. The molecule has 0 unspecified atom stereocenters. The summed E-state index contributed by atoms with van der Waals surface area (Å²) in [5.41, 5.74) is 6.02. The van der Waals surface area contributed by atoms with Crippen LogP contribution in [0.5, 0.6) is 0 Å². The third-order valence-corrected chi connectivity index (χ3v) is 8.23. The van der Waals surface area contributed by atoms with Gasteiger partial charge in [0, 0.05) is 48.4 Å². The first kappa shape index (κ1) is 32.5. The second kappa shape index (κ2) is 15.4. The molecule has 0 radical (unpaired) electrons. The van der Waals surface area contributed by atoms with Crippen LogP contribution in [-0.2, 0) is 19.1 Å². The number of benzene rings is 2. The molecule has 4 bridgehead atoms. The maximum absolute atomic E-state index is 12.1. The summed E-state index contributed by atoms with van der Waals surface area (Å²) in [7, 11) is 4.04. The minimum absolute atomic E-state index is 0.0473. The SMILES string of the molecule is CN1CC2=CC=C(Cl)[C@@H](C=C2)C(=O)OCC#Cc2ccccc21.CN1CC2=CC=C(Cl)[C@@H](C=C2)C(=O)OCC#Cc2ccccc21. The number of hydrogen-bond donors (Lipinski definition) is 0. The van der Waals surface area contributed by atoms with Gasteiger partial charge in [0.25, 0.3) is 0 Å². The van der Waals surface area contributed by atoms with Gasteiger partial charge in [-0.05, 0) is 47.6 Å². The van der Waals surface area contributed by atoms with Gasteiger partial charge >= 0.3 is 11.9 Å². The molecule has 6 nitrogen and oxygen atoms in total. The van der Waals surface area contributed by atoms with Crippen molar-refractivity contribution in [3.05, 3.63) is 129 Å². The highest BCUT2D eigenvalue weighted by Crippen LogP contribution is 2.27. The number of ether oxygens (including phenoxy) is 2. The minimum atomic E-state index is -0.569. The molecule has 8 heteroatoms. The van der Waals surface area contributed by atoms with Crippen LogP contribution in [-0.4, -0.2) is 52.3 Å². The van der Waals surface area contributed by atoms with E-state index < -0.39 is 11.8 Å². The fourth-order valence-electron chi connectivity index (χ4n) is 5.11. The lowest BCUT2D eigenvalue weighted by atomic mass is 10.1. The second-order valence-electron chi connectivity index (χ2n) is 10.8. The molecule has 2 aromatic rings. The monoisotopic (exact) mass is 650 g/mol. The molecule has 4 aliphatic rings. The third kappa shape index (κ3) is 8.23. The molecule has 2 heterocycles. The lowest BCUT2D eigenvalue weighted by Gasteiger charge is -2.21. The van der Waals surface area contributed by atoms with Crippen LogP contribution < -0.4 is 9.80 Å². The summed E-state index contributed by atoms with van der Waals surface area (Å²) in [6, 6.07) is 15.9. The van der Waals surface area contributed by atoms with Gasteiger partial charge in [-0.25, -0.2) is 0 Å². The Bertz CT molecular complexity index is 1690. The van der Waals surface area contributed by atoms with E-state index in [4.69, 9.17) is 32.7 Å². The number of para-hydroxylation sites is 2. The predicted molar refractivity (Wildman–Crippen MR) is 184 cm³/mol. The van der Waals surface area contributed by atoms with E-state index in [1.54, 1.807) is 24.3 Å². The zero-order valence-electron chi connectivity index (χ0n) is 25.5. The van der Waals surface area contributed by atoms with Gasteiger partial charge in [0.2, 0.25) is 0 Å². The summed E-state index contributed by atoms with van der Waals surface area (Å²) in [6.07, 6.45) is 14.8. The Morgan fingerprint density at radius 3 is 1.50 bits per heavy atom. The van der Waals surface area contributed by atoms with Gasteiger partial charge in [-0.2, -0.15) is 0 Å². The van der Waals surface area contributed by atoms with Gasteiger partial charge in [-0.15, -0.1) is 0 Å². The summed E-state index contributed by atoms with van der Waals surface area (Å²) in [6.45, 7) is 1.48. The van der Waals surface area contributed by atoms with Crippen molar-refractivity contribution in [1.29, 1.82) is 0 Å². The van der Waals surface area contributed by atoms with Crippen molar-refractivity contribution in [2.45, 2.75) is 0 Å². The molecular formula is C38H32Cl2N2O4. The molecule has 0 fully saturated rings. The molecule has 46 heavy (non-hydrogen) atoms. The van der Waals surface area contributed by atoms with Crippen molar-refractivity contribution in [3.8, 4) is 23.7 Å². The van der Waals surface area contributed by atoms with Gasteiger partial charge in [0.05, 0.1) is 11.4 Å². The number of hydrogen-bond acceptors (Lipinski definition) is 6. The van der Waals surface area contributed by atoms with Crippen LogP contribution >= 0.6 is 23.2 Å². The van der Waals surface area contributed by atoms with E-state index in [0.29, 0.717) is 23.2 Å². The molecule has 232 valence electrons. The fraction of sp³-hybridized carbons (Fsp3) is 0.211. The second-order valence-corrected chi connectivity index (χ2v) is 11.7. The third-order valence-electron chi connectivity index (χ3n) is 7.51. The molecule has 2 aliphatic heterocycles. The van der Waals surface area contributed by atoms with Crippen LogP contribution in [0.2, 0.25) is 0 Å². The first-order valence-corrected chi connectivity index (χ1v) is 15.5. The summed E-state index contributed by atoms with van der Waals surface area (Å²) >= 11 is 12.4. The topological polar surface area (TPSA) is 59.1 Å². The molecule has 0 aromatic heterocycles. The molecule has 2 aliphatic carbocycles. The highest BCUT2D eigenvalue weighted by atomic mass is 35.5. The fourth-order valence-corrected chi connectivity index (χ4v) is 5.56. The van der Waals surface area contributed by atoms with Crippen molar-refractivity contribution in [2.24, 2.45) is 11.8 Å². The van der Waals surface area contributed by atoms with Crippen molar-refractivity contribution < 1.29 is 19.1 Å². The average Bonchev–Trinajstić information content (AvgIpc) is 3.35. The first-order chi connectivity index (χ1) is 22.3. The number of anilines is 2. The van der Waals surface area contributed by atoms with Crippen molar-refractivity contribution >= 4 is 46.5 Å². The largest absolute Gasteiger partial charge is 0.452 e. The smallest absolute Gasteiger partial charge is 0.319 e. The maximum atomic E-state index is 12.1. The van der Waals surface area contributed by atoms with Crippen molar-refractivity contribution in [2.75, 3.05) is 50.2 Å². The average molecular weight is 652 g/mol. The van der Waals surface area contributed by atoms with Crippen LogP contribution in [0.1, 0.15) is 11.1 Å². The number of nitrogens with zero attached hydrogens (tertiary/aromatic N) is 2. The summed E-state index contributed by atoms with van der Waals surface area (Å²) < 4.78 is 10.5. The highest BCUT2D eigenvalue weighted by molar-refractivity contribution is 6.32. The number of cyclic esters (lactones) is 2. The van der Waals surface area contributed by atoms with E-state index in [2.05, 4.69) is 33.5 Å². The normalized spacial score (nSPS) is 20.5. The van der Waals surface area contributed by atoms with E-state index in [9.17, 15) is 9.59 Å². The lowest BCUT2D eigenvalue weighted by Crippen LogP contribution is -2.20. The van der Waals surface area contributed by atoms with Gasteiger partial charge < -0.3 is 19.3 Å². The Kier molecular flexibility index (Phi) is 10.9. The maximum Gasteiger partial charge on any atom is 0.319 e. The van der Waals surface area contributed by atoms with Crippen molar-refractivity contribution in [1.82, 2.24) is 0 Å². The summed E-state index contributed by atoms with van der Waals surface area (Å²) in [5.74, 6) is 10.0. The molecule has 2 aromatic carbocycles. The van der Waals surface area contributed by atoms with Gasteiger partial charge in [-0.1, -0.05) is 108 Å². The first-order valence-electron chi connectivity index (χ1n) is 14.7. The Hall–Kier alpha value is -4.88. The van der Waals surface area contributed by atoms with Gasteiger partial charge in [0.15, 0.2) is 13.2 Å². The van der Waals surface area contributed by atoms with Gasteiger partial charge in [0.1, 0.15) is 11.8 Å². The van der Waals surface area contributed by atoms with E-state index >= 15 is 0 Å². The number of rotatable bonds is 0. The van der Waals surface area contributed by atoms with E-state index in [1.807, 2.05) is 86.9 Å². The molecule has 0 saturated carbocycles. The lowest BCUT2D eigenvalue weighted by molar-refractivity contribution is -0.144. The predicted octanol–water partition coefficient (Wildman–Crippen LogP) is 6.53. The van der Waals surface area contributed by atoms with Crippen LogP contribution in [0, 0.1) is 35.5 Å². The van der Waals surface area contributed by atoms with Crippen LogP contribution in [0.15, 0.2) is 118 Å². The Morgan fingerprint density at radius 2 is 1.07 bits per heavy atom. The number of esters is 2. The van der Waals surface area contributed by atoms with Crippen LogP contribution in [0.25, 0.3) is 0 Å². The Morgan fingerprint density at radius 1 is 0.652 bits per heavy atom. The zero-order chi connectivity index (χ0) is 32.5. The summed E-state index contributed by atoms with van der Waals surface area (Å²) in [4.78, 5) is 28.5. The van der Waals surface area contributed by atoms with Crippen LogP contribution in [0.4, 0.5) is 11.4 Å². The van der Waals surface area contributed by atoms with E-state index in [1.165, 1.54) is 0 Å². The number of fused-ring (bicyclic) bond motifs is 6. The Labute approximate surface area is 279 Å². The van der Waals surface area contributed by atoms with E-state index in [0.717, 1.165) is 33.6 Å². The molecule has 0 amide bonds. The quantitative estimate of drug-likeness (QED) is 0.239. The number of carbonyl (C=O) groups excluding carboxylic acids is 2. The molecule has 6 rings (SSSR count). The van der Waals surface area contributed by atoms with Crippen molar-refractivity contribution in [3.63, 3.8) is 0 Å². The molecule has 0 N–H and O–H groups in total. The number of carbonyl (C=O) groups is 2. The van der Waals surface area contributed by atoms with E-state index in [-0.39, 0.29) is 25.2 Å². The highest BCUT2D eigenvalue weighted by Gasteiger charge is 2.23. The number of allylic oxidation sites excluding steroid dienone is 4. The molecular weight excluding hydrogens is 619 g/mol. The number of halogens is 2. The Balaban J connectivity index is 0.000000181. The number of likely N-dealkylation sites (N-methyl/N-ethyl adjacent to an activating group) is 2. The van der Waals surface area contributed by atoms with Crippen LogP contribution in [0.3, 0.4) is 0 Å². The summed E-state index contributed by atoms with van der Waals surface area (Å²) in [5, 5.41) is 0.906. The standard InChI is InChI=1S/2C19H16ClNO2/c2*1-21-13-14-8-10-16(17(20)11-9-14)19(22)23-12-4-6-15-5-2-3-7-18(15)21/h2*2-3,5,7-11,16H,12-13H2,1H3/t2*16-/m11/s1. The van der Waals surface area contributed by atoms with Gasteiger partial charge in [-0.3, -0.25) is 9.59 Å². The minimum Gasteiger partial charge on any atom is -0.452 e. The molecule has 2 atom stereocenters.